The number of nitrogens with zero attached hydrogens (tertiary/aromatic N) is 1. The molecule has 1 rings (SSSR count). The van der Waals surface area contributed by atoms with Gasteiger partial charge in [0.05, 0.1) is 5.82 Å². The van der Waals surface area contributed by atoms with Gasteiger partial charge in [0, 0.05) is 23.7 Å². The molecule has 0 aromatic carbocycles. The first-order valence-electron chi connectivity index (χ1n) is 7.62. The first kappa shape index (κ1) is 17.1. The van der Waals surface area contributed by atoms with Crippen molar-refractivity contribution in [2.45, 2.75) is 71.0 Å². The summed E-state index contributed by atoms with van der Waals surface area (Å²) < 4.78 is 0. The normalized spacial score (nSPS) is 22.3. The number of hydrogen-bond donors (Lipinski definition) is 2. The average Bonchev–Trinajstić information content (AvgIpc) is 2.24. The van der Waals surface area contributed by atoms with Crippen LogP contribution in [0.2, 0.25) is 0 Å². The highest BCUT2D eigenvalue weighted by Gasteiger charge is 2.42. The van der Waals surface area contributed by atoms with Crippen LogP contribution < -0.4 is 10.6 Å². The van der Waals surface area contributed by atoms with Gasteiger partial charge in [-0.25, -0.2) is 0 Å². The number of rotatable bonds is 6. The second-order valence-corrected chi connectivity index (χ2v) is 7.55. The molecule has 2 N–H and O–H groups in total. The van der Waals surface area contributed by atoms with Crippen LogP contribution in [-0.2, 0) is 0 Å². The number of hydrogen-bond acceptors (Lipinski definition) is 3. The van der Waals surface area contributed by atoms with Crippen molar-refractivity contribution in [3.63, 3.8) is 0 Å². The summed E-state index contributed by atoms with van der Waals surface area (Å²) in [5.74, 6) is 0.937. The third kappa shape index (κ3) is 4.55. The van der Waals surface area contributed by atoms with Crippen molar-refractivity contribution < 1.29 is 0 Å². The number of nitrogens with one attached hydrogen (secondary N) is 2. The van der Waals surface area contributed by atoms with E-state index in [0.29, 0.717) is 6.04 Å². The largest absolute Gasteiger partial charge is 0.372 e. The first-order chi connectivity index (χ1) is 9.04. The molecule has 0 bridgehead atoms. The van der Waals surface area contributed by atoms with Gasteiger partial charge in [-0.1, -0.05) is 12.2 Å². The molecule has 1 saturated heterocycles. The van der Waals surface area contributed by atoms with Gasteiger partial charge in [0.25, 0.3) is 0 Å². The summed E-state index contributed by atoms with van der Waals surface area (Å²) in [6, 6.07) is 0.473. The Balaban J connectivity index is 2.52. The van der Waals surface area contributed by atoms with E-state index in [1.54, 1.807) is 0 Å². The molecule has 0 radical (unpaired) electrons. The highest BCUT2D eigenvalue weighted by Crippen LogP contribution is 2.36. The zero-order valence-corrected chi connectivity index (χ0v) is 14.3. The molecular weight excluding hydrogens is 246 g/mol. The summed E-state index contributed by atoms with van der Waals surface area (Å²) in [6.45, 7) is 20.2. The van der Waals surface area contributed by atoms with Crippen molar-refractivity contribution in [2.24, 2.45) is 0 Å². The monoisotopic (exact) mass is 279 g/mol. The van der Waals surface area contributed by atoms with Crippen LogP contribution in [0.1, 0.15) is 53.9 Å². The molecule has 0 atom stereocenters. The van der Waals surface area contributed by atoms with E-state index >= 15 is 0 Å². The van der Waals surface area contributed by atoms with Crippen molar-refractivity contribution in [1.29, 1.82) is 0 Å². The molecule has 0 unspecified atom stereocenters. The maximum atomic E-state index is 4.09. The smallest absolute Gasteiger partial charge is 0.0914 e. The van der Waals surface area contributed by atoms with Crippen LogP contribution in [0, 0.1) is 0 Å². The molecule has 1 fully saturated rings. The predicted molar refractivity (Wildman–Crippen MR) is 88.7 cm³/mol. The summed E-state index contributed by atoms with van der Waals surface area (Å²) in [5.41, 5.74) is 1.61. The van der Waals surface area contributed by atoms with Gasteiger partial charge < -0.3 is 10.6 Å². The molecule has 0 spiro atoms. The molecule has 1 aliphatic rings. The minimum absolute atomic E-state index is 0.206. The van der Waals surface area contributed by atoms with Gasteiger partial charge in [-0.15, -0.1) is 6.58 Å². The summed E-state index contributed by atoms with van der Waals surface area (Å²) >= 11 is 0. The summed E-state index contributed by atoms with van der Waals surface area (Å²) in [6.07, 6.45) is 3.26. The fraction of sp³-hybridized carbons (Fsp3) is 0.765. The Morgan fingerprint density at radius 3 is 2.10 bits per heavy atom. The summed E-state index contributed by atoms with van der Waals surface area (Å²) in [5, 5.41) is 6.91. The number of piperidine rings is 1. The van der Waals surface area contributed by atoms with Gasteiger partial charge in [-0.2, -0.15) is 0 Å². The fourth-order valence-corrected chi connectivity index (χ4v) is 3.20. The third-order valence-electron chi connectivity index (χ3n) is 4.58. The van der Waals surface area contributed by atoms with Crippen LogP contribution in [0.25, 0.3) is 0 Å². The zero-order chi connectivity index (χ0) is 15.6. The standard InChI is InChI=1S/C17H33N3/c1-13(2)9-10-18-14(3)19-15-11-16(4,5)20(8)17(6,7)12-15/h15,18-19H,1,3,9-12H2,2,4-8H3. The predicted octanol–water partition coefficient (Wildman–Crippen LogP) is 3.25. The summed E-state index contributed by atoms with van der Waals surface area (Å²) in [4.78, 5) is 2.50. The fourth-order valence-electron chi connectivity index (χ4n) is 3.20. The highest BCUT2D eigenvalue weighted by atomic mass is 15.3. The zero-order valence-electron chi connectivity index (χ0n) is 14.3. The molecule has 1 heterocycles. The SMILES string of the molecule is C=C(C)CCNC(=C)NC1CC(C)(C)N(C)C(C)(C)C1. The van der Waals surface area contributed by atoms with Crippen LogP contribution in [0.15, 0.2) is 24.6 Å². The van der Waals surface area contributed by atoms with Crippen LogP contribution in [0.4, 0.5) is 0 Å². The second kappa shape index (κ2) is 6.21. The lowest BCUT2D eigenvalue weighted by molar-refractivity contribution is -0.0165. The molecule has 116 valence electrons. The Hall–Kier alpha value is -0.960. The Morgan fingerprint density at radius 2 is 1.65 bits per heavy atom. The van der Waals surface area contributed by atoms with E-state index in [-0.39, 0.29) is 11.1 Å². The van der Waals surface area contributed by atoms with Crippen LogP contribution in [0.3, 0.4) is 0 Å². The molecule has 0 amide bonds. The van der Waals surface area contributed by atoms with Crippen LogP contribution in [-0.4, -0.2) is 35.6 Å². The van der Waals surface area contributed by atoms with Gasteiger partial charge in [-0.05, 0) is 60.9 Å². The van der Waals surface area contributed by atoms with E-state index in [0.717, 1.165) is 31.6 Å². The van der Waals surface area contributed by atoms with E-state index in [2.05, 4.69) is 70.4 Å². The van der Waals surface area contributed by atoms with E-state index in [1.165, 1.54) is 5.57 Å². The van der Waals surface area contributed by atoms with Gasteiger partial charge in [-0.3, -0.25) is 4.90 Å². The maximum Gasteiger partial charge on any atom is 0.0914 e. The maximum absolute atomic E-state index is 4.09. The minimum Gasteiger partial charge on any atom is -0.372 e. The molecular formula is C17H33N3. The lowest BCUT2D eigenvalue weighted by Gasteiger charge is -2.54. The molecule has 0 aromatic rings. The second-order valence-electron chi connectivity index (χ2n) is 7.55. The van der Waals surface area contributed by atoms with Crippen molar-refractivity contribution in [3.8, 4) is 0 Å². The molecule has 0 saturated carbocycles. The van der Waals surface area contributed by atoms with Crippen molar-refractivity contribution in [3.05, 3.63) is 24.6 Å². The number of likely N-dealkylation sites (tertiary alicyclic amines) is 1. The van der Waals surface area contributed by atoms with Gasteiger partial charge in [0.15, 0.2) is 0 Å². The van der Waals surface area contributed by atoms with E-state index in [9.17, 15) is 0 Å². The van der Waals surface area contributed by atoms with Crippen molar-refractivity contribution >= 4 is 0 Å². The average molecular weight is 279 g/mol. The Bertz CT molecular complexity index is 350. The highest BCUT2D eigenvalue weighted by molar-refractivity contribution is 5.04. The minimum atomic E-state index is 0.206. The van der Waals surface area contributed by atoms with E-state index in [4.69, 9.17) is 0 Å². The van der Waals surface area contributed by atoms with E-state index in [1.807, 2.05) is 0 Å². The van der Waals surface area contributed by atoms with Crippen molar-refractivity contribution in [1.82, 2.24) is 15.5 Å². The third-order valence-corrected chi connectivity index (χ3v) is 4.58. The van der Waals surface area contributed by atoms with Gasteiger partial charge in [0.1, 0.15) is 0 Å². The molecule has 3 nitrogen and oxygen atoms in total. The molecule has 0 aromatic heterocycles. The lowest BCUT2D eigenvalue weighted by atomic mass is 9.77. The topological polar surface area (TPSA) is 27.3 Å². The van der Waals surface area contributed by atoms with Crippen LogP contribution >= 0.6 is 0 Å². The van der Waals surface area contributed by atoms with E-state index < -0.39 is 0 Å². The molecule has 0 aliphatic carbocycles. The Kier molecular flexibility index (Phi) is 5.31. The molecule has 3 heteroatoms. The van der Waals surface area contributed by atoms with Gasteiger partial charge in [0.2, 0.25) is 0 Å². The Labute approximate surface area is 125 Å². The lowest BCUT2D eigenvalue weighted by Crippen LogP contribution is -2.62. The quantitative estimate of drug-likeness (QED) is 0.731. The van der Waals surface area contributed by atoms with Crippen LogP contribution in [0.5, 0.6) is 0 Å². The van der Waals surface area contributed by atoms with Gasteiger partial charge >= 0.3 is 0 Å². The summed E-state index contributed by atoms with van der Waals surface area (Å²) in [7, 11) is 2.23. The molecule has 20 heavy (non-hydrogen) atoms. The Morgan fingerprint density at radius 1 is 1.15 bits per heavy atom. The first-order valence-corrected chi connectivity index (χ1v) is 7.62. The van der Waals surface area contributed by atoms with Crippen molar-refractivity contribution in [2.75, 3.05) is 13.6 Å². The molecule has 1 aliphatic heterocycles.